The summed E-state index contributed by atoms with van der Waals surface area (Å²) < 4.78 is 15.0. The Labute approximate surface area is 121 Å². The van der Waals surface area contributed by atoms with Gasteiger partial charge in [-0.15, -0.1) is 6.58 Å². The Balaban J connectivity index is -0.0000000747. The van der Waals surface area contributed by atoms with E-state index in [-0.39, 0.29) is 21.1 Å². The summed E-state index contributed by atoms with van der Waals surface area (Å²) in [7, 11) is 0. The second-order valence-corrected chi connectivity index (χ2v) is 2.54. The average Bonchev–Trinajstić information content (AvgIpc) is 2.90. The van der Waals surface area contributed by atoms with E-state index in [2.05, 4.69) is 26.8 Å². The van der Waals surface area contributed by atoms with Crippen LogP contribution in [0, 0.1) is 64.7 Å². The third kappa shape index (κ3) is 38.8. The summed E-state index contributed by atoms with van der Waals surface area (Å²) in [6.07, 6.45) is 14.8. The molecule has 3 heteroatoms. The maximum atomic E-state index is 7.50. The van der Waals surface area contributed by atoms with Crippen molar-refractivity contribution in [1.29, 1.82) is 0 Å². The maximum absolute atomic E-state index is 7.50. The van der Waals surface area contributed by atoms with Crippen molar-refractivity contribution in [1.82, 2.24) is 0 Å². The van der Waals surface area contributed by atoms with Gasteiger partial charge in [-0.2, -0.15) is 0 Å². The summed E-state index contributed by atoms with van der Waals surface area (Å²) in [6, 6.07) is 0. The van der Waals surface area contributed by atoms with E-state index in [1.807, 2.05) is 51.5 Å². The number of allylic oxidation sites excluding steroid dienone is 1. The quantitative estimate of drug-likeness (QED) is 0.332. The maximum Gasteiger partial charge on any atom is 0 e. The van der Waals surface area contributed by atoms with Crippen molar-refractivity contribution in [2.24, 2.45) is 0 Å². The monoisotopic (exact) mass is 314 g/mol. The predicted molar refractivity (Wildman–Crippen MR) is 62.7 cm³/mol. The van der Waals surface area contributed by atoms with Gasteiger partial charge in [0.25, 0.3) is 0 Å². The Bertz CT molecular complexity index is 144. The van der Waals surface area contributed by atoms with E-state index in [1.165, 1.54) is 0 Å². The minimum absolute atomic E-state index is 0. The molecule has 0 saturated heterocycles. The molecular weight excluding hydrogens is 296 g/mol. The van der Waals surface area contributed by atoms with Crippen LogP contribution in [-0.2, 0) is 30.4 Å². The summed E-state index contributed by atoms with van der Waals surface area (Å²) >= 11 is 0. The molecular formula is C14H16MoO2. The molecule has 0 aliphatic heterocycles. The second-order valence-electron chi connectivity index (χ2n) is 2.54. The molecule has 17 heavy (non-hydrogen) atoms. The Morgan fingerprint density at radius 1 is 1.06 bits per heavy atom. The Kier molecular flexibility index (Phi) is 44.9. The fourth-order valence-electron chi connectivity index (χ4n) is 0.605. The second kappa shape index (κ2) is 29.7. The van der Waals surface area contributed by atoms with E-state index in [4.69, 9.17) is 9.30 Å². The fraction of sp³-hybridized carbons (Fsp3) is 0.143. The molecule has 1 rings (SSSR count). The minimum atomic E-state index is 0. The van der Waals surface area contributed by atoms with Crippen LogP contribution >= 0.6 is 0 Å². The molecule has 0 atom stereocenters. The summed E-state index contributed by atoms with van der Waals surface area (Å²) in [5.41, 5.74) is 0. The molecule has 0 amide bonds. The predicted octanol–water partition coefficient (Wildman–Crippen LogP) is 3.14. The molecule has 0 N–H and O–H groups in total. The molecule has 90 valence electrons. The van der Waals surface area contributed by atoms with Gasteiger partial charge >= 0.3 is 22.6 Å². The zero-order chi connectivity index (χ0) is 13.2. The Morgan fingerprint density at radius 2 is 1.35 bits per heavy atom. The third-order valence-corrected chi connectivity index (χ3v) is 1.19. The van der Waals surface area contributed by atoms with E-state index < -0.39 is 0 Å². The van der Waals surface area contributed by atoms with Gasteiger partial charge in [0, 0.05) is 21.1 Å². The van der Waals surface area contributed by atoms with Crippen LogP contribution in [0.5, 0.6) is 0 Å². The zero-order valence-corrected chi connectivity index (χ0v) is 11.9. The van der Waals surface area contributed by atoms with Crippen LogP contribution in [-0.4, -0.2) is 0 Å². The number of rotatable bonds is 3. The first-order valence-corrected chi connectivity index (χ1v) is 4.44. The normalized spacial score (nSPS) is 11.2. The summed E-state index contributed by atoms with van der Waals surface area (Å²) in [6.45, 7) is 18.2. The Hall–Kier alpha value is -0.0917. The summed E-state index contributed by atoms with van der Waals surface area (Å²) in [4.78, 5) is 0. The first kappa shape index (κ1) is 25.7. The molecule has 0 unspecified atom stereocenters. The molecule has 0 heterocycles. The van der Waals surface area contributed by atoms with E-state index in [0.717, 1.165) is 12.3 Å². The van der Waals surface area contributed by atoms with Gasteiger partial charge in [-0.05, 0) is 57.8 Å². The van der Waals surface area contributed by atoms with Crippen LogP contribution in [0.2, 0.25) is 0 Å². The van der Waals surface area contributed by atoms with Crippen LogP contribution < -0.4 is 0 Å². The molecule has 1 fully saturated rings. The largest absolute Gasteiger partial charge is 0.103 e. The van der Waals surface area contributed by atoms with Gasteiger partial charge in [0.2, 0.25) is 0 Å². The van der Waals surface area contributed by atoms with E-state index in [9.17, 15) is 0 Å². The van der Waals surface area contributed by atoms with Crippen LogP contribution in [0.25, 0.3) is 0 Å². The van der Waals surface area contributed by atoms with E-state index in [1.54, 1.807) is 0 Å². The molecule has 0 aromatic rings. The van der Waals surface area contributed by atoms with Gasteiger partial charge in [0.05, 0.1) is 0 Å². The van der Waals surface area contributed by atoms with Gasteiger partial charge in [-0.1, -0.05) is 13.0 Å². The molecule has 8 radical (unpaired) electrons. The van der Waals surface area contributed by atoms with E-state index in [0.29, 0.717) is 0 Å². The van der Waals surface area contributed by atoms with Crippen molar-refractivity contribution in [2.75, 3.05) is 0 Å². The first-order valence-electron chi connectivity index (χ1n) is 4.44. The average molecular weight is 312 g/mol. The van der Waals surface area contributed by atoms with Crippen molar-refractivity contribution in [2.45, 2.75) is 13.3 Å². The molecule has 2 nitrogen and oxygen atoms in total. The molecule has 1 aliphatic carbocycles. The molecule has 0 spiro atoms. The van der Waals surface area contributed by atoms with Crippen LogP contribution in [0.3, 0.4) is 0 Å². The van der Waals surface area contributed by atoms with Gasteiger partial charge in [-0.3, -0.25) is 0 Å². The van der Waals surface area contributed by atoms with Crippen molar-refractivity contribution in [3.8, 4) is 0 Å². The molecule has 1 aliphatic rings. The van der Waals surface area contributed by atoms with Crippen molar-refractivity contribution in [3.05, 3.63) is 77.3 Å². The van der Waals surface area contributed by atoms with Crippen LogP contribution in [0.4, 0.5) is 0 Å². The zero-order valence-electron chi connectivity index (χ0n) is 9.89. The van der Waals surface area contributed by atoms with Gasteiger partial charge < -0.3 is 0 Å². The van der Waals surface area contributed by atoms with Gasteiger partial charge in [0.1, 0.15) is 0 Å². The summed E-state index contributed by atoms with van der Waals surface area (Å²) in [5, 5.41) is 0. The van der Waals surface area contributed by atoms with Gasteiger partial charge in [-0.25, -0.2) is 0 Å². The van der Waals surface area contributed by atoms with Crippen molar-refractivity contribution >= 4 is 0 Å². The number of hydrogen-bond donors (Lipinski definition) is 0. The SMILES string of the molecule is [C-]#[O+].[C-]#[O+].[CH2][C](C)[CH]CC=C.[CH]1[CH][CH][CH][CH]1.[Mo]. The molecule has 0 bridgehead atoms. The van der Waals surface area contributed by atoms with E-state index >= 15 is 0 Å². The molecule has 0 aromatic carbocycles. The number of hydrogen-bond acceptors (Lipinski definition) is 0. The molecule has 0 aromatic heterocycles. The smallest absolute Gasteiger partial charge is 0 e. The minimum Gasteiger partial charge on any atom is -0.103 e. The Morgan fingerprint density at radius 3 is 1.47 bits per heavy atom. The van der Waals surface area contributed by atoms with Crippen LogP contribution in [0.15, 0.2) is 12.7 Å². The standard InChI is InChI=1S/C7H11.C5H5.2CO.Mo/c1-4-5-6-7(2)3;1-2-4-5-3-1;2*1-2;/h4,6H,1-2,5H2,3H3;1-5H;;;. The first-order chi connectivity index (χ1) is 7.77. The molecule has 1 saturated carbocycles. The topological polar surface area (TPSA) is 39.8 Å². The van der Waals surface area contributed by atoms with Crippen LogP contribution in [0.1, 0.15) is 13.3 Å². The third-order valence-electron chi connectivity index (χ3n) is 1.19. The van der Waals surface area contributed by atoms with Gasteiger partial charge in [0.15, 0.2) is 0 Å². The van der Waals surface area contributed by atoms with Crippen molar-refractivity contribution in [3.63, 3.8) is 0 Å². The van der Waals surface area contributed by atoms with Crippen molar-refractivity contribution < 1.29 is 30.4 Å². The summed E-state index contributed by atoms with van der Waals surface area (Å²) in [5.74, 6) is 1.11. The fourth-order valence-corrected chi connectivity index (χ4v) is 0.605.